The fourth-order valence-corrected chi connectivity index (χ4v) is 1.91. The Morgan fingerprint density at radius 1 is 1.22 bits per heavy atom. The summed E-state index contributed by atoms with van der Waals surface area (Å²) in [5.41, 5.74) is 0.493. The third-order valence-electron chi connectivity index (χ3n) is 3.06. The number of carbonyl (C=O) groups excluding carboxylic acids is 1. The summed E-state index contributed by atoms with van der Waals surface area (Å²) in [6.07, 6.45) is 0.954. The van der Waals surface area contributed by atoms with Crippen LogP contribution in [0, 0.1) is 0 Å². The van der Waals surface area contributed by atoms with Gasteiger partial charge in [0.1, 0.15) is 11.5 Å². The first-order valence-electron chi connectivity index (χ1n) is 5.84. The zero-order chi connectivity index (χ0) is 13.1. The number of rotatable bonds is 4. The average molecular weight is 251 g/mol. The molecule has 1 aromatic rings. The van der Waals surface area contributed by atoms with Crippen molar-refractivity contribution in [1.29, 1.82) is 0 Å². The lowest BCUT2D eigenvalue weighted by Gasteiger charge is -2.31. The molecular formula is C13H17NO4. The molecule has 0 radical (unpaired) electrons. The predicted octanol–water partition coefficient (Wildman–Crippen LogP) is 0.957. The highest BCUT2D eigenvalue weighted by atomic mass is 16.5. The Labute approximate surface area is 106 Å². The summed E-state index contributed by atoms with van der Waals surface area (Å²) >= 11 is 0. The maximum absolute atomic E-state index is 12.0. The first-order chi connectivity index (χ1) is 8.62. The van der Waals surface area contributed by atoms with E-state index in [2.05, 4.69) is 5.32 Å². The molecule has 5 heteroatoms. The molecule has 0 bridgehead atoms. The summed E-state index contributed by atoms with van der Waals surface area (Å²) in [5, 5.41) is 12.0. The molecule has 0 heterocycles. The van der Waals surface area contributed by atoms with E-state index in [1.54, 1.807) is 32.4 Å². The van der Waals surface area contributed by atoms with Crippen molar-refractivity contribution < 1.29 is 19.4 Å². The van der Waals surface area contributed by atoms with Gasteiger partial charge in [0.25, 0.3) is 5.91 Å². The van der Waals surface area contributed by atoms with Crippen molar-refractivity contribution in [2.45, 2.75) is 25.0 Å². The number of hydrogen-bond donors (Lipinski definition) is 2. The van der Waals surface area contributed by atoms with Crippen LogP contribution in [0.5, 0.6) is 11.5 Å². The van der Waals surface area contributed by atoms with Crippen LogP contribution < -0.4 is 14.8 Å². The zero-order valence-corrected chi connectivity index (χ0v) is 10.5. The summed E-state index contributed by atoms with van der Waals surface area (Å²) in [6.45, 7) is 0. The van der Waals surface area contributed by atoms with Gasteiger partial charge in [-0.25, -0.2) is 0 Å². The van der Waals surface area contributed by atoms with E-state index in [-0.39, 0.29) is 18.1 Å². The third kappa shape index (κ3) is 2.73. The molecule has 0 aliphatic heterocycles. The molecule has 2 N–H and O–H groups in total. The smallest absolute Gasteiger partial charge is 0.251 e. The third-order valence-corrected chi connectivity index (χ3v) is 3.06. The van der Waals surface area contributed by atoms with Crippen molar-refractivity contribution in [3.63, 3.8) is 0 Å². The number of benzene rings is 1. The monoisotopic (exact) mass is 251 g/mol. The summed E-state index contributed by atoms with van der Waals surface area (Å²) in [6, 6.07) is 5.09. The molecule has 1 amide bonds. The van der Waals surface area contributed by atoms with E-state index in [1.165, 1.54) is 0 Å². The molecule has 0 spiro atoms. The molecule has 18 heavy (non-hydrogen) atoms. The van der Waals surface area contributed by atoms with Crippen molar-refractivity contribution >= 4 is 5.91 Å². The number of methoxy groups -OCH3 is 2. The van der Waals surface area contributed by atoms with Crippen molar-refractivity contribution in [1.82, 2.24) is 5.32 Å². The second kappa shape index (κ2) is 5.27. The Balaban J connectivity index is 2.08. The van der Waals surface area contributed by atoms with E-state index in [0.29, 0.717) is 29.9 Å². The van der Waals surface area contributed by atoms with Crippen molar-refractivity contribution in [3.05, 3.63) is 23.8 Å². The minimum absolute atomic E-state index is 0.0599. The van der Waals surface area contributed by atoms with Crippen LogP contribution in [0.25, 0.3) is 0 Å². The molecule has 1 saturated carbocycles. The topological polar surface area (TPSA) is 67.8 Å². The first-order valence-corrected chi connectivity index (χ1v) is 5.84. The molecule has 1 aromatic carbocycles. The number of nitrogens with one attached hydrogen (secondary N) is 1. The lowest BCUT2D eigenvalue weighted by molar-refractivity contribution is 0.0562. The van der Waals surface area contributed by atoms with Crippen LogP contribution in [0.3, 0.4) is 0 Å². The van der Waals surface area contributed by atoms with Crippen molar-refractivity contribution in [3.8, 4) is 11.5 Å². The Hall–Kier alpha value is -1.75. The number of aliphatic hydroxyl groups excluding tert-OH is 1. The van der Waals surface area contributed by atoms with E-state index in [0.717, 1.165) is 0 Å². The Bertz CT molecular complexity index is 418. The van der Waals surface area contributed by atoms with E-state index in [9.17, 15) is 9.90 Å². The van der Waals surface area contributed by atoms with Gasteiger partial charge in [0, 0.05) is 17.7 Å². The molecule has 5 nitrogen and oxygen atoms in total. The van der Waals surface area contributed by atoms with E-state index in [4.69, 9.17) is 9.47 Å². The summed E-state index contributed by atoms with van der Waals surface area (Å²) < 4.78 is 10.2. The molecule has 2 rings (SSSR count). The fraction of sp³-hybridized carbons (Fsp3) is 0.462. The minimum atomic E-state index is -0.282. The van der Waals surface area contributed by atoms with Crippen molar-refractivity contribution in [2.75, 3.05) is 14.2 Å². The normalized spacial score (nSPS) is 21.9. The Morgan fingerprint density at radius 2 is 1.78 bits per heavy atom. The highest BCUT2D eigenvalue weighted by molar-refractivity contribution is 5.95. The molecule has 0 atom stereocenters. The molecule has 0 saturated heterocycles. The van der Waals surface area contributed by atoms with Crippen LogP contribution in [0.1, 0.15) is 23.2 Å². The minimum Gasteiger partial charge on any atom is -0.497 e. The first kappa shape index (κ1) is 12.7. The number of ether oxygens (including phenoxy) is 2. The van der Waals surface area contributed by atoms with Gasteiger partial charge in [0.2, 0.25) is 0 Å². The second-order valence-corrected chi connectivity index (χ2v) is 4.40. The standard InChI is InChI=1S/C13H17NO4/c1-17-11-3-8(4-12(7-11)18-2)13(16)14-9-5-10(15)6-9/h3-4,7,9-10,15H,5-6H2,1-2H3,(H,14,16). The van der Waals surface area contributed by atoms with Gasteiger partial charge >= 0.3 is 0 Å². The molecule has 0 aromatic heterocycles. The van der Waals surface area contributed by atoms with Gasteiger partial charge in [0.15, 0.2) is 0 Å². The van der Waals surface area contributed by atoms with Crippen LogP contribution in [0.4, 0.5) is 0 Å². The molecule has 1 aliphatic rings. The fourth-order valence-electron chi connectivity index (χ4n) is 1.91. The van der Waals surface area contributed by atoms with Gasteiger partial charge in [-0.3, -0.25) is 4.79 Å². The summed E-state index contributed by atoms with van der Waals surface area (Å²) in [5.74, 6) is 0.977. The number of hydrogen-bond acceptors (Lipinski definition) is 4. The highest BCUT2D eigenvalue weighted by Crippen LogP contribution is 2.24. The quantitative estimate of drug-likeness (QED) is 0.836. The van der Waals surface area contributed by atoms with Gasteiger partial charge in [-0.2, -0.15) is 0 Å². The molecular weight excluding hydrogens is 234 g/mol. The largest absolute Gasteiger partial charge is 0.497 e. The van der Waals surface area contributed by atoms with Crippen LogP contribution in [-0.4, -0.2) is 37.4 Å². The maximum atomic E-state index is 12.0. The lowest BCUT2D eigenvalue weighted by atomic mass is 9.89. The molecule has 98 valence electrons. The number of amides is 1. The van der Waals surface area contributed by atoms with Gasteiger partial charge < -0.3 is 19.9 Å². The molecule has 1 fully saturated rings. The Morgan fingerprint density at radius 3 is 2.22 bits per heavy atom. The SMILES string of the molecule is COc1cc(OC)cc(C(=O)NC2CC(O)C2)c1. The summed E-state index contributed by atoms with van der Waals surface area (Å²) in [7, 11) is 3.08. The van der Waals surface area contributed by atoms with E-state index < -0.39 is 0 Å². The van der Waals surface area contributed by atoms with Crippen LogP contribution in [0.15, 0.2) is 18.2 Å². The van der Waals surface area contributed by atoms with Crippen LogP contribution >= 0.6 is 0 Å². The average Bonchev–Trinajstić information content (AvgIpc) is 2.36. The Kier molecular flexibility index (Phi) is 3.72. The molecule has 0 unspecified atom stereocenters. The van der Waals surface area contributed by atoms with Crippen LogP contribution in [-0.2, 0) is 0 Å². The van der Waals surface area contributed by atoms with Gasteiger partial charge in [-0.15, -0.1) is 0 Å². The van der Waals surface area contributed by atoms with Crippen LogP contribution in [0.2, 0.25) is 0 Å². The number of carbonyl (C=O) groups is 1. The summed E-state index contributed by atoms with van der Waals surface area (Å²) in [4.78, 5) is 12.0. The van der Waals surface area contributed by atoms with Crippen molar-refractivity contribution in [2.24, 2.45) is 0 Å². The highest BCUT2D eigenvalue weighted by Gasteiger charge is 2.28. The van der Waals surface area contributed by atoms with E-state index >= 15 is 0 Å². The second-order valence-electron chi connectivity index (χ2n) is 4.40. The zero-order valence-electron chi connectivity index (χ0n) is 10.5. The predicted molar refractivity (Wildman–Crippen MR) is 66.0 cm³/mol. The number of aliphatic hydroxyl groups is 1. The maximum Gasteiger partial charge on any atom is 0.251 e. The van der Waals surface area contributed by atoms with Gasteiger partial charge in [0.05, 0.1) is 20.3 Å². The van der Waals surface area contributed by atoms with E-state index in [1.807, 2.05) is 0 Å². The molecule has 1 aliphatic carbocycles. The van der Waals surface area contributed by atoms with Gasteiger partial charge in [-0.1, -0.05) is 0 Å². The van der Waals surface area contributed by atoms with Gasteiger partial charge in [-0.05, 0) is 25.0 Å². The lowest BCUT2D eigenvalue weighted by Crippen LogP contribution is -2.46.